The van der Waals surface area contributed by atoms with Gasteiger partial charge < -0.3 is 10.4 Å². The van der Waals surface area contributed by atoms with Crippen LogP contribution >= 0.6 is 15.9 Å². The second-order valence-corrected chi connectivity index (χ2v) is 7.95. The van der Waals surface area contributed by atoms with Crippen LogP contribution in [0.2, 0.25) is 0 Å². The first-order chi connectivity index (χ1) is 15.1. The number of benzene rings is 1. The maximum atomic E-state index is 13.1. The molecule has 7 nitrogen and oxygen atoms in total. The highest BCUT2D eigenvalue weighted by atomic mass is 79.9. The Kier molecular flexibility index (Phi) is 5.59. The van der Waals surface area contributed by atoms with Gasteiger partial charge in [0.1, 0.15) is 17.0 Å². The number of nitrogens with zero attached hydrogens (tertiary/aromatic N) is 3. The van der Waals surface area contributed by atoms with Gasteiger partial charge in [0.25, 0.3) is 5.91 Å². The third-order valence-electron chi connectivity index (χ3n) is 4.72. The van der Waals surface area contributed by atoms with Crippen molar-refractivity contribution in [2.45, 2.75) is 19.3 Å². The molecule has 0 radical (unpaired) electrons. The summed E-state index contributed by atoms with van der Waals surface area (Å²) in [5.74, 6) is -1.40. The molecular formula is C21H15BrF3N5O2. The third kappa shape index (κ3) is 4.28. The highest BCUT2D eigenvalue weighted by molar-refractivity contribution is 9.10. The molecule has 0 spiro atoms. The lowest BCUT2D eigenvalue weighted by atomic mass is 10.0. The van der Waals surface area contributed by atoms with Crippen LogP contribution in [0.5, 0.6) is 0 Å². The summed E-state index contributed by atoms with van der Waals surface area (Å²) in [7, 11) is 0. The summed E-state index contributed by atoms with van der Waals surface area (Å²) in [5.41, 5.74) is 0.460. The molecule has 0 fully saturated rings. The minimum absolute atomic E-state index is 0.234. The number of aromatic amines is 1. The first-order valence-electron chi connectivity index (χ1n) is 9.26. The molecule has 11 heteroatoms. The molecule has 1 atom stereocenters. The molecule has 32 heavy (non-hydrogen) atoms. The lowest BCUT2D eigenvalue weighted by Gasteiger charge is -2.20. The van der Waals surface area contributed by atoms with Crippen LogP contribution in [-0.4, -0.2) is 32.4 Å². The topological polar surface area (TPSA) is 103 Å². The molecule has 0 bridgehead atoms. The van der Waals surface area contributed by atoms with Crippen molar-refractivity contribution in [3.05, 3.63) is 75.2 Å². The summed E-state index contributed by atoms with van der Waals surface area (Å²) < 4.78 is 40.1. The van der Waals surface area contributed by atoms with Gasteiger partial charge in [0.2, 0.25) is 0 Å². The van der Waals surface area contributed by atoms with Gasteiger partial charge in [0, 0.05) is 21.8 Å². The van der Waals surface area contributed by atoms with Gasteiger partial charge in [-0.3, -0.25) is 14.9 Å². The molecule has 1 amide bonds. The van der Waals surface area contributed by atoms with E-state index >= 15 is 0 Å². The number of hydrogen-bond acceptors (Lipinski definition) is 5. The highest BCUT2D eigenvalue weighted by Gasteiger charge is 2.34. The molecule has 0 saturated carbocycles. The van der Waals surface area contributed by atoms with E-state index < -0.39 is 29.7 Å². The van der Waals surface area contributed by atoms with Crippen LogP contribution in [-0.2, 0) is 11.0 Å². The van der Waals surface area contributed by atoms with Crippen LogP contribution in [0.1, 0.15) is 28.7 Å². The highest BCUT2D eigenvalue weighted by Crippen LogP contribution is 2.32. The SMILES string of the molecule is Cc1cc(C(O)=C2C=NC(c3cn[nH]c3-c3ccc(Br)cc3)NC2=O)nc(C(F)(F)F)c1. The fraction of sp³-hybridized carbons (Fsp3) is 0.143. The van der Waals surface area contributed by atoms with E-state index in [0.29, 0.717) is 11.3 Å². The number of carbonyl (C=O) groups excluding carboxylic acids is 1. The molecule has 1 unspecified atom stereocenters. The van der Waals surface area contributed by atoms with E-state index in [1.807, 2.05) is 24.3 Å². The molecule has 4 rings (SSSR count). The van der Waals surface area contributed by atoms with Gasteiger partial charge in [-0.15, -0.1) is 0 Å². The summed E-state index contributed by atoms with van der Waals surface area (Å²) in [6, 6.07) is 9.53. The maximum Gasteiger partial charge on any atom is 0.433 e. The van der Waals surface area contributed by atoms with Crippen molar-refractivity contribution in [3.8, 4) is 11.3 Å². The quantitative estimate of drug-likeness (QED) is 0.353. The van der Waals surface area contributed by atoms with E-state index in [9.17, 15) is 23.1 Å². The number of pyridine rings is 1. The normalized spacial score (nSPS) is 17.9. The number of nitrogens with one attached hydrogen (secondary N) is 2. The summed E-state index contributed by atoms with van der Waals surface area (Å²) in [4.78, 5) is 20.4. The second-order valence-electron chi connectivity index (χ2n) is 7.04. The van der Waals surface area contributed by atoms with Gasteiger partial charge in [-0.1, -0.05) is 28.1 Å². The van der Waals surface area contributed by atoms with E-state index in [1.165, 1.54) is 19.2 Å². The summed E-state index contributed by atoms with van der Waals surface area (Å²) in [6.45, 7) is 1.44. The number of rotatable bonds is 3. The van der Waals surface area contributed by atoms with Gasteiger partial charge in [-0.2, -0.15) is 18.3 Å². The zero-order valence-corrected chi connectivity index (χ0v) is 18.0. The molecule has 3 aromatic rings. The largest absolute Gasteiger partial charge is 0.505 e. The number of aliphatic hydroxyl groups is 1. The third-order valence-corrected chi connectivity index (χ3v) is 5.25. The van der Waals surface area contributed by atoms with Crippen LogP contribution in [0.3, 0.4) is 0 Å². The number of aliphatic hydroxyl groups excluding tert-OH is 1. The summed E-state index contributed by atoms with van der Waals surface area (Å²) in [6.07, 6.45) is -2.85. The van der Waals surface area contributed by atoms with E-state index in [-0.39, 0.29) is 16.8 Å². The number of alkyl halides is 3. The zero-order valence-electron chi connectivity index (χ0n) is 16.4. The molecule has 164 valence electrons. The smallest absolute Gasteiger partial charge is 0.433 e. The fourth-order valence-corrected chi connectivity index (χ4v) is 3.46. The van der Waals surface area contributed by atoms with Crippen molar-refractivity contribution in [2.24, 2.45) is 4.99 Å². The van der Waals surface area contributed by atoms with E-state index in [1.54, 1.807) is 0 Å². The van der Waals surface area contributed by atoms with E-state index in [4.69, 9.17) is 0 Å². The van der Waals surface area contributed by atoms with Gasteiger partial charge in [0.05, 0.1) is 11.9 Å². The predicted molar refractivity (Wildman–Crippen MR) is 115 cm³/mol. The Bertz CT molecular complexity index is 1250. The predicted octanol–water partition coefficient (Wildman–Crippen LogP) is 4.73. The average Bonchev–Trinajstić information content (AvgIpc) is 3.22. The van der Waals surface area contributed by atoms with Gasteiger partial charge in [-0.25, -0.2) is 4.98 Å². The van der Waals surface area contributed by atoms with Crippen LogP contribution in [0, 0.1) is 6.92 Å². The van der Waals surface area contributed by atoms with Crippen molar-refractivity contribution in [1.29, 1.82) is 0 Å². The fourth-order valence-electron chi connectivity index (χ4n) is 3.20. The Morgan fingerprint density at radius 1 is 1.19 bits per heavy atom. The monoisotopic (exact) mass is 505 g/mol. The van der Waals surface area contributed by atoms with E-state index in [2.05, 4.69) is 41.4 Å². The summed E-state index contributed by atoms with van der Waals surface area (Å²) in [5, 5.41) is 20.0. The average molecular weight is 506 g/mol. The van der Waals surface area contributed by atoms with Crippen LogP contribution in [0.4, 0.5) is 13.2 Å². The van der Waals surface area contributed by atoms with Gasteiger partial charge in [-0.05, 0) is 36.8 Å². The molecule has 3 heterocycles. The van der Waals surface area contributed by atoms with E-state index in [0.717, 1.165) is 22.3 Å². The van der Waals surface area contributed by atoms with Crippen molar-refractivity contribution >= 4 is 33.8 Å². The molecule has 1 aliphatic heterocycles. The van der Waals surface area contributed by atoms with Gasteiger partial charge in [0.15, 0.2) is 11.9 Å². The molecule has 1 aromatic carbocycles. The first kappa shape index (κ1) is 21.8. The second kappa shape index (κ2) is 8.23. The minimum atomic E-state index is -4.69. The van der Waals surface area contributed by atoms with Crippen molar-refractivity contribution in [2.75, 3.05) is 0 Å². The molecule has 2 aromatic heterocycles. The number of carbonyl (C=O) groups is 1. The number of H-pyrrole nitrogens is 1. The molecule has 3 N–H and O–H groups in total. The zero-order chi connectivity index (χ0) is 23.0. The molecule has 1 aliphatic rings. The number of amides is 1. The Hall–Kier alpha value is -3.47. The Morgan fingerprint density at radius 3 is 2.56 bits per heavy atom. The number of hydrogen-bond donors (Lipinski definition) is 3. The van der Waals surface area contributed by atoms with Crippen molar-refractivity contribution in [1.82, 2.24) is 20.5 Å². The lowest BCUT2D eigenvalue weighted by Crippen LogP contribution is -2.33. The van der Waals surface area contributed by atoms with Crippen LogP contribution in [0.15, 0.2) is 57.6 Å². The number of halogens is 4. The number of aliphatic imine (C=N–C) groups is 1. The molecule has 0 aliphatic carbocycles. The Labute approximate surface area is 188 Å². The molecule has 0 saturated heterocycles. The standard InChI is InChI=1S/C21H15BrF3N5O2/c1-10-6-15(28-16(7-10)21(23,24)25)18(31)14-8-26-19(29-20(14)32)13-9-27-30-17(13)11-2-4-12(22)5-3-11/h2-9,19,31H,1H3,(H,27,30)(H,29,32). The lowest BCUT2D eigenvalue weighted by molar-refractivity contribution is -0.141. The Balaban J connectivity index is 1.68. The Morgan fingerprint density at radius 2 is 1.91 bits per heavy atom. The summed E-state index contributed by atoms with van der Waals surface area (Å²) >= 11 is 3.37. The minimum Gasteiger partial charge on any atom is -0.505 e. The van der Waals surface area contributed by atoms with Crippen molar-refractivity contribution in [3.63, 3.8) is 0 Å². The van der Waals surface area contributed by atoms with Gasteiger partial charge >= 0.3 is 6.18 Å². The maximum absolute atomic E-state index is 13.1. The molecular weight excluding hydrogens is 491 g/mol. The van der Waals surface area contributed by atoms with Crippen LogP contribution < -0.4 is 5.32 Å². The van der Waals surface area contributed by atoms with Crippen molar-refractivity contribution < 1.29 is 23.1 Å². The van der Waals surface area contributed by atoms with Crippen LogP contribution in [0.25, 0.3) is 17.0 Å². The number of aryl methyl sites for hydroxylation is 1. The first-order valence-corrected chi connectivity index (χ1v) is 10.1. The number of aromatic nitrogens is 3.